The highest BCUT2D eigenvalue weighted by Crippen LogP contribution is 2.28. The van der Waals surface area contributed by atoms with Crippen LogP contribution in [0.25, 0.3) is 0 Å². The van der Waals surface area contributed by atoms with E-state index < -0.39 is 23.3 Å². The number of aromatic amines is 1. The van der Waals surface area contributed by atoms with Gasteiger partial charge in [0.1, 0.15) is 16.9 Å². The predicted octanol–water partition coefficient (Wildman–Crippen LogP) is 1.61. The van der Waals surface area contributed by atoms with E-state index in [0.717, 1.165) is 0 Å². The summed E-state index contributed by atoms with van der Waals surface area (Å²) in [5.74, 6) is -1.06. The maximum Gasteiger partial charge on any atom is 0.421 e. The van der Waals surface area contributed by atoms with Crippen molar-refractivity contribution < 1.29 is 22.7 Å². The van der Waals surface area contributed by atoms with Crippen LogP contribution in [0.5, 0.6) is 0 Å². The van der Waals surface area contributed by atoms with Crippen LogP contribution >= 0.6 is 0 Å². The second-order valence-corrected chi connectivity index (χ2v) is 3.27. The number of rotatable bonds is 3. The number of H-pyrrole nitrogens is 1. The highest BCUT2D eigenvalue weighted by molar-refractivity contribution is 5.94. The minimum absolute atomic E-state index is 0.0163. The lowest BCUT2D eigenvalue weighted by Crippen LogP contribution is -2.24. The minimum atomic E-state index is -4.83. The number of esters is 1. The summed E-state index contributed by atoms with van der Waals surface area (Å²) in [5, 5.41) is 2.43. The van der Waals surface area contributed by atoms with Crippen LogP contribution in [0.1, 0.15) is 22.8 Å². The van der Waals surface area contributed by atoms with E-state index in [2.05, 4.69) is 10.1 Å². The molecule has 0 unspecified atom stereocenters. The molecule has 1 heterocycles. The van der Waals surface area contributed by atoms with Crippen molar-refractivity contribution in [3.05, 3.63) is 27.5 Å². The maximum atomic E-state index is 12.5. The molecule has 0 bridgehead atoms. The van der Waals surface area contributed by atoms with Gasteiger partial charge in [-0.3, -0.25) is 4.79 Å². The van der Waals surface area contributed by atoms with Crippen LogP contribution in [0, 0.1) is 0 Å². The number of halogens is 3. The van der Waals surface area contributed by atoms with Crippen molar-refractivity contribution in [3.8, 4) is 0 Å². The molecule has 100 valence electrons. The summed E-state index contributed by atoms with van der Waals surface area (Å²) >= 11 is 0. The Hall–Kier alpha value is -1.99. The van der Waals surface area contributed by atoms with Crippen molar-refractivity contribution in [2.75, 3.05) is 19.0 Å². The third-order valence-electron chi connectivity index (χ3n) is 2.09. The number of ether oxygens (including phenoxy) is 1. The molecule has 0 spiro atoms. The molecule has 2 N–H and O–H groups in total. The Labute approximate surface area is 100.0 Å². The Bertz CT molecular complexity index is 508. The second-order valence-electron chi connectivity index (χ2n) is 3.27. The molecule has 1 rings (SSSR count). The van der Waals surface area contributed by atoms with Crippen LogP contribution in [-0.2, 0) is 10.9 Å². The Morgan fingerprint density at radius 1 is 1.50 bits per heavy atom. The van der Waals surface area contributed by atoms with Crippen LogP contribution in [0.3, 0.4) is 0 Å². The number of aromatic nitrogens is 1. The van der Waals surface area contributed by atoms with Crippen molar-refractivity contribution in [2.45, 2.75) is 13.1 Å². The fourth-order valence-electron chi connectivity index (χ4n) is 1.31. The molecule has 1 aromatic rings. The van der Waals surface area contributed by atoms with Gasteiger partial charge < -0.3 is 15.0 Å². The van der Waals surface area contributed by atoms with Crippen LogP contribution in [0.2, 0.25) is 0 Å². The number of hydrogen-bond donors (Lipinski definition) is 2. The molecule has 0 amide bonds. The largest absolute Gasteiger partial charge is 0.462 e. The first kappa shape index (κ1) is 14.1. The van der Waals surface area contributed by atoms with E-state index in [1.807, 2.05) is 4.98 Å². The minimum Gasteiger partial charge on any atom is -0.462 e. The molecule has 0 aromatic carbocycles. The van der Waals surface area contributed by atoms with E-state index in [4.69, 9.17) is 0 Å². The van der Waals surface area contributed by atoms with Crippen molar-refractivity contribution >= 4 is 11.8 Å². The van der Waals surface area contributed by atoms with Gasteiger partial charge in [0.05, 0.1) is 6.61 Å². The zero-order valence-corrected chi connectivity index (χ0v) is 9.64. The van der Waals surface area contributed by atoms with E-state index in [1.54, 1.807) is 0 Å². The first-order valence-electron chi connectivity index (χ1n) is 5.00. The number of anilines is 1. The lowest BCUT2D eigenvalue weighted by atomic mass is 10.1. The van der Waals surface area contributed by atoms with Gasteiger partial charge >= 0.3 is 12.1 Å². The van der Waals surface area contributed by atoms with Gasteiger partial charge in [0.2, 0.25) is 0 Å². The Morgan fingerprint density at radius 2 is 2.11 bits per heavy atom. The smallest absolute Gasteiger partial charge is 0.421 e. The summed E-state index contributed by atoms with van der Waals surface area (Å²) < 4.78 is 42.2. The molecular formula is C10H11F3N2O3. The van der Waals surface area contributed by atoms with Crippen LogP contribution in [0.15, 0.2) is 10.9 Å². The summed E-state index contributed by atoms with van der Waals surface area (Å²) in [7, 11) is 1.36. The van der Waals surface area contributed by atoms with Gasteiger partial charge in [-0.25, -0.2) is 4.79 Å². The number of alkyl halides is 3. The van der Waals surface area contributed by atoms with Crippen LogP contribution in [0.4, 0.5) is 19.0 Å². The molecular weight excluding hydrogens is 253 g/mol. The standard InChI is InChI=1S/C10H11F3N2O3/c1-3-18-9(17)5-4-6(10(11,12)13)8(16)15-7(5)14-2/h4H,3H2,1-2H3,(H2,14,15,16). The summed E-state index contributed by atoms with van der Waals surface area (Å²) in [4.78, 5) is 24.6. The molecule has 1 aromatic heterocycles. The predicted molar refractivity (Wildman–Crippen MR) is 57.6 cm³/mol. The topological polar surface area (TPSA) is 71.2 Å². The van der Waals surface area contributed by atoms with E-state index in [-0.39, 0.29) is 18.0 Å². The number of hydrogen-bond acceptors (Lipinski definition) is 4. The number of pyridine rings is 1. The maximum absolute atomic E-state index is 12.5. The molecule has 0 aliphatic heterocycles. The Morgan fingerprint density at radius 3 is 2.56 bits per heavy atom. The number of carbonyl (C=O) groups is 1. The highest BCUT2D eigenvalue weighted by Gasteiger charge is 2.35. The fraction of sp³-hybridized carbons (Fsp3) is 0.400. The highest BCUT2D eigenvalue weighted by atomic mass is 19.4. The first-order valence-corrected chi connectivity index (χ1v) is 5.00. The van der Waals surface area contributed by atoms with Crippen molar-refractivity contribution in [2.24, 2.45) is 0 Å². The second kappa shape index (κ2) is 5.11. The van der Waals surface area contributed by atoms with Gasteiger partial charge in [-0.15, -0.1) is 0 Å². The van der Waals surface area contributed by atoms with Gasteiger partial charge in [0.15, 0.2) is 0 Å². The number of nitrogens with one attached hydrogen (secondary N) is 2. The summed E-state index contributed by atoms with van der Waals surface area (Å²) in [6.45, 7) is 1.54. The van der Waals surface area contributed by atoms with Gasteiger partial charge in [0, 0.05) is 7.05 Å². The average Bonchev–Trinajstić information content (AvgIpc) is 2.27. The van der Waals surface area contributed by atoms with Gasteiger partial charge in [-0.2, -0.15) is 13.2 Å². The normalized spacial score (nSPS) is 11.2. The van der Waals surface area contributed by atoms with E-state index in [1.165, 1.54) is 14.0 Å². The SMILES string of the molecule is CCOC(=O)c1cc(C(F)(F)F)c(=O)[nH]c1NC. The molecule has 5 nitrogen and oxygen atoms in total. The zero-order chi connectivity index (χ0) is 13.9. The lowest BCUT2D eigenvalue weighted by Gasteiger charge is -2.11. The first-order chi connectivity index (χ1) is 8.31. The number of carbonyl (C=O) groups excluding carboxylic acids is 1. The van der Waals surface area contributed by atoms with Crippen LogP contribution in [-0.4, -0.2) is 24.6 Å². The fourth-order valence-corrected chi connectivity index (χ4v) is 1.31. The molecule has 0 saturated carbocycles. The molecule has 0 aliphatic rings. The van der Waals surface area contributed by atoms with E-state index in [9.17, 15) is 22.8 Å². The summed E-state index contributed by atoms with van der Waals surface area (Å²) in [6.07, 6.45) is -4.83. The molecule has 18 heavy (non-hydrogen) atoms. The Balaban J connectivity index is 3.40. The molecule has 0 fully saturated rings. The molecule has 0 saturated heterocycles. The average molecular weight is 264 g/mol. The molecule has 8 heteroatoms. The third-order valence-corrected chi connectivity index (χ3v) is 2.09. The molecule has 0 atom stereocenters. The van der Waals surface area contributed by atoms with E-state index >= 15 is 0 Å². The van der Waals surface area contributed by atoms with Crippen molar-refractivity contribution in [1.29, 1.82) is 0 Å². The monoisotopic (exact) mass is 264 g/mol. The van der Waals surface area contributed by atoms with Gasteiger partial charge in [-0.05, 0) is 13.0 Å². The Kier molecular flexibility index (Phi) is 4.00. The summed E-state index contributed by atoms with van der Waals surface area (Å²) in [6, 6.07) is 0.475. The van der Waals surface area contributed by atoms with Crippen molar-refractivity contribution in [1.82, 2.24) is 4.98 Å². The van der Waals surface area contributed by atoms with Gasteiger partial charge in [0.25, 0.3) is 5.56 Å². The lowest BCUT2D eigenvalue weighted by molar-refractivity contribution is -0.138. The van der Waals surface area contributed by atoms with E-state index in [0.29, 0.717) is 6.07 Å². The van der Waals surface area contributed by atoms with Gasteiger partial charge in [-0.1, -0.05) is 0 Å². The molecule has 0 radical (unpaired) electrons. The quantitative estimate of drug-likeness (QED) is 0.814. The third kappa shape index (κ3) is 2.82. The zero-order valence-electron chi connectivity index (χ0n) is 9.64. The van der Waals surface area contributed by atoms with Crippen LogP contribution < -0.4 is 10.9 Å². The van der Waals surface area contributed by atoms with Crippen molar-refractivity contribution in [3.63, 3.8) is 0 Å². The summed E-state index contributed by atoms with van der Waals surface area (Å²) in [5.41, 5.74) is -3.13. The molecule has 0 aliphatic carbocycles.